The summed E-state index contributed by atoms with van der Waals surface area (Å²) in [6.07, 6.45) is 5.38. The number of anilines is 2. The van der Waals surface area contributed by atoms with E-state index in [4.69, 9.17) is 4.74 Å². The maximum atomic E-state index is 13.3. The van der Waals surface area contributed by atoms with Crippen LogP contribution in [-0.2, 0) is 7.05 Å². The Morgan fingerprint density at radius 3 is 2.85 bits per heavy atom. The van der Waals surface area contributed by atoms with Crippen LogP contribution in [0.1, 0.15) is 41.5 Å². The van der Waals surface area contributed by atoms with E-state index in [1.807, 2.05) is 27.0 Å². The predicted octanol–water partition coefficient (Wildman–Crippen LogP) is 3.73. The Morgan fingerprint density at radius 2 is 2.00 bits per heavy atom. The van der Waals surface area contributed by atoms with Crippen molar-refractivity contribution < 1.29 is 9.53 Å². The van der Waals surface area contributed by atoms with Crippen LogP contribution in [0.15, 0.2) is 35.6 Å². The molecule has 0 saturated heterocycles. The lowest BCUT2D eigenvalue weighted by atomic mass is 10.1. The summed E-state index contributed by atoms with van der Waals surface area (Å²) in [4.78, 5) is 28.9. The monoisotopic (exact) mass is 445 g/mol. The van der Waals surface area contributed by atoms with Crippen LogP contribution >= 0.6 is 0 Å². The van der Waals surface area contributed by atoms with E-state index in [1.165, 1.54) is 0 Å². The SMILES string of the molecule is Cc1cc2c(cn1)N/C1=N\C(=O)c3cc(C)nc(c3)-c3cnn(C)c3OCCC[C@@H](C)CN12. The summed E-state index contributed by atoms with van der Waals surface area (Å²) in [6, 6.07) is 5.53. The number of fused-ring (bicyclic) bond motifs is 7. The fourth-order valence-electron chi connectivity index (χ4n) is 4.31. The number of rotatable bonds is 0. The Balaban J connectivity index is 1.60. The Bertz CT molecular complexity index is 1260. The number of ether oxygens (including phenoxy) is 1. The van der Waals surface area contributed by atoms with Crippen molar-refractivity contribution in [3.8, 4) is 17.1 Å². The van der Waals surface area contributed by atoms with Gasteiger partial charge in [0, 0.05) is 30.5 Å². The maximum Gasteiger partial charge on any atom is 0.280 e. The number of carbonyl (C=O) groups excluding carboxylic acids is 1. The van der Waals surface area contributed by atoms with Crippen molar-refractivity contribution in [2.24, 2.45) is 18.0 Å². The average Bonchev–Trinajstić information content (AvgIpc) is 3.30. The topological polar surface area (TPSA) is 97.5 Å². The van der Waals surface area contributed by atoms with Gasteiger partial charge in [0.25, 0.3) is 5.91 Å². The number of hydrogen-bond donors (Lipinski definition) is 1. The minimum atomic E-state index is -0.333. The van der Waals surface area contributed by atoms with Gasteiger partial charge in [0.15, 0.2) is 0 Å². The van der Waals surface area contributed by atoms with Crippen LogP contribution in [0.25, 0.3) is 11.3 Å². The highest BCUT2D eigenvalue weighted by Crippen LogP contribution is 2.34. The Kier molecular flexibility index (Phi) is 5.32. The average molecular weight is 446 g/mol. The molecular formula is C24H27N7O2. The molecule has 0 saturated carbocycles. The van der Waals surface area contributed by atoms with E-state index in [0.717, 1.165) is 47.7 Å². The third-order valence-electron chi connectivity index (χ3n) is 5.95. The largest absolute Gasteiger partial charge is 0.477 e. The number of amides is 1. The van der Waals surface area contributed by atoms with E-state index in [-0.39, 0.29) is 5.91 Å². The van der Waals surface area contributed by atoms with Crippen LogP contribution in [0.2, 0.25) is 0 Å². The predicted molar refractivity (Wildman–Crippen MR) is 127 cm³/mol. The third-order valence-corrected chi connectivity index (χ3v) is 5.95. The number of nitrogens with zero attached hydrogens (tertiary/aromatic N) is 6. The second-order valence-electron chi connectivity index (χ2n) is 8.78. The van der Waals surface area contributed by atoms with Crippen molar-refractivity contribution in [2.75, 3.05) is 23.4 Å². The summed E-state index contributed by atoms with van der Waals surface area (Å²) in [5.41, 5.74) is 5.37. The molecule has 0 spiro atoms. The fourth-order valence-corrected chi connectivity index (χ4v) is 4.31. The van der Waals surface area contributed by atoms with Gasteiger partial charge in [-0.05, 0) is 50.8 Å². The molecule has 5 rings (SSSR count). The first-order chi connectivity index (χ1) is 15.9. The van der Waals surface area contributed by atoms with Crippen molar-refractivity contribution >= 4 is 23.2 Å². The number of aromatic nitrogens is 4. The van der Waals surface area contributed by atoms with Crippen molar-refractivity contribution in [1.82, 2.24) is 19.7 Å². The highest BCUT2D eigenvalue weighted by molar-refractivity contribution is 6.19. The highest BCUT2D eigenvalue weighted by atomic mass is 16.5. The van der Waals surface area contributed by atoms with E-state index in [9.17, 15) is 4.79 Å². The van der Waals surface area contributed by atoms with Gasteiger partial charge < -0.3 is 15.0 Å². The first-order valence-corrected chi connectivity index (χ1v) is 11.2. The molecule has 2 bridgehead atoms. The number of pyridine rings is 2. The lowest BCUT2D eigenvalue weighted by Gasteiger charge is -2.23. The summed E-state index contributed by atoms with van der Waals surface area (Å²) in [7, 11) is 1.85. The lowest BCUT2D eigenvalue weighted by molar-refractivity contribution is 0.100. The molecule has 0 aromatic carbocycles. The van der Waals surface area contributed by atoms with E-state index in [0.29, 0.717) is 35.6 Å². The standard InChI is InChI=1S/C24H27N7O2/c1-14-6-5-7-33-23-18(11-26-30(23)4)19-10-17(8-16(3)27-19)22(32)29-24-28-20-12-25-15(2)9-21(20)31(24)13-14/h8-12,14H,5-7,13H2,1-4H3,(H,28,29,32)/t14-/m1/s1. The third kappa shape index (κ3) is 4.06. The Labute approximate surface area is 192 Å². The number of aryl methyl sites for hydroxylation is 3. The smallest absolute Gasteiger partial charge is 0.280 e. The van der Waals surface area contributed by atoms with Crippen molar-refractivity contribution in [2.45, 2.75) is 33.6 Å². The normalized spacial score (nSPS) is 19.8. The molecule has 2 aliphatic rings. The Morgan fingerprint density at radius 1 is 1.15 bits per heavy atom. The number of hydrogen-bond acceptors (Lipinski definition) is 7. The lowest BCUT2D eigenvalue weighted by Crippen LogP contribution is -2.35. The van der Waals surface area contributed by atoms with Gasteiger partial charge in [-0.25, -0.2) is 4.68 Å². The maximum absolute atomic E-state index is 13.3. The molecule has 0 radical (unpaired) electrons. The summed E-state index contributed by atoms with van der Waals surface area (Å²) >= 11 is 0. The quantitative estimate of drug-likeness (QED) is 0.563. The van der Waals surface area contributed by atoms with Crippen molar-refractivity contribution in [3.05, 3.63) is 47.5 Å². The molecule has 0 unspecified atom stereocenters. The molecular weight excluding hydrogens is 418 g/mol. The summed E-state index contributed by atoms with van der Waals surface area (Å²) in [6.45, 7) is 7.34. The number of aliphatic imine (C=N–C) groups is 1. The van der Waals surface area contributed by atoms with Crippen LogP contribution in [0.5, 0.6) is 5.88 Å². The highest BCUT2D eigenvalue weighted by Gasteiger charge is 2.28. The zero-order valence-electron chi connectivity index (χ0n) is 19.3. The zero-order valence-corrected chi connectivity index (χ0v) is 19.3. The molecule has 9 nitrogen and oxygen atoms in total. The summed E-state index contributed by atoms with van der Waals surface area (Å²) in [5.74, 6) is 1.20. The van der Waals surface area contributed by atoms with Gasteiger partial charge >= 0.3 is 0 Å². The molecule has 0 fully saturated rings. The second-order valence-corrected chi connectivity index (χ2v) is 8.78. The number of guanidine groups is 1. The number of carbonyl (C=O) groups is 1. The molecule has 5 heterocycles. The van der Waals surface area contributed by atoms with Crippen molar-refractivity contribution in [1.29, 1.82) is 0 Å². The molecule has 9 heteroatoms. The minimum Gasteiger partial charge on any atom is -0.477 e. The first-order valence-electron chi connectivity index (χ1n) is 11.2. The van der Waals surface area contributed by atoms with Crippen LogP contribution in [0, 0.1) is 19.8 Å². The molecule has 0 aliphatic carbocycles. The van der Waals surface area contributed by atoms with Gasteiger partial charge in [-0.15, -0.1) is 0 Å². The zero-order chi connectivity index (χ0) is 23.1. The fraction of sp³-hybridized carbons (Fsp3) is 0.375. The van der Waals surface area contributed by atoms with E-state index < -0.39 is 0 Å². The van der Waals surface area contributed by atoms with E-state index in [1.54, 1.807) is 29.2 Å². The molecule has 170 valence electrons. The van der Waals surface area contributed by atoms with Gasteiger partial charge in [-0.3, -0.25) is 14.8 Å². The van der Waals surface area contributed by atoms with Crippen molar-refractivity contribution in [3.63, 3.8) is 0 Å². The van der Waals surface area contributed by atoms with Gasteiger partial charge in [-0.2, -0.15) is 10.1 Å². The number of nitrogens with one attached hydrogen (secondary N) is 1. The van der Waals surface area contributed by atoms with Gasteiger partial charge in [0.1, 0.15) is 0 Å². The van der Waals surface area contributed by atoms with Crippen LogP contribution in [-0.4, -0.2) is 44.8 Å². The summed E-state index contributed by atoms with van der Waals surface area (Å²) in [5, 5.41) is 7.64. The molecule has 1 N–H and O–H groups in total. The van der Waals surface area contributed by atoms with Crippen LogP contribution in [0.3, 0.4) is 0 Å². The Hall–Kier alpha value is -3.75. The minimum absolute atomic E-state index is 0.333. The summed E-state index contributed by atoms with van der Waals surface area (Å²) < 4.78 is 7.82. The molecule has 1 atom stereocenters. The molecule has 3 aromatic rings. The molecule has 3 aromatic heterocycles. The van der Waals surface area contributed by atoms with E-state index >= 15 is 0 Å². The molecule has 33 heavy (non-hydrogen) atoms. The van der Waals surface area contributed by atoms with Gasteiger partial charge in [-0.1, -0.05) is 6.92 Å². The van der Waals surface area contributed by atoms with Crippen LogP contribution in [0.4, 0.5) is 11.4 Å². The van der Waals surface area contributed by atoms with Gasteiger partial charge in [0.05, 0.1) is 41.6 Å². The van der Waals surface area contributed by atoms with Crippen LogP contribution < -0.4 is 15.0 Å². The molecule has 2 aliphatic heterocycles. The molecule has 1 amide bonds. The van der Waals surface area contributed by atoms with Gasteiger partial charge in [0.2, 0.25) is 11.8 Å². The first kappa shape index (κ1) is 21.1. The van der Waals surface area contributed by atoms with E-state index in [2.05, 4.69) is 37.2 Å². The second kappa shape index (κ2) is 8.31.